The summed E-state index contributed by atoms with van der Waals surface area (Å²) in [5, 5.41) is 0. The topological polar surface area (TPSA) is 9.23 Å². The molecular formula is C9H7F7O. The molecule has 0 heterocycles. The van der Waals surface area contributed by atoms with Gasteiger partial charge in [-0.2, -0.15) is 26.3 Å². The lowest BCUT2D eigenvalue weighted by atomic mass is 10.1. The van der Waals surface area contributed by atoms with E-state index in [1.54, 1.807) is 0 Å². The molecule has 98 valence electrons. The van der Waals surface area contributed by atoms with E-state index >= 15 is 0 Å². The van der Waals surface area contributed by atoms with Crippen LogP contribution in [0.1, 0.15) is 6.92 Å². The summed E-state index contributed by atoms with van der Waals surface area (Å²) < 4.78 is 93.0. The second kappa shape index (κ2) is 3.92. The SMILES string of the molecule is C/C=C/COC1=C(F)C(F)(F)C(F)(F)C1(F)F. The summed E-state index contributed by atoms with van der Waals surface area (Å²) in [4.78, 5) is 0. The molecule has 1 rings (SSSR count). The highest BCUT2D eigenvalue weighted by Crippen LogP contribution is 2.59. The first-order valence-corrected chi connectivity index (χ1v) is 4.38. The molecule has 0 atom stereocenters. The van der Waals surface area contributed by atoms with Crippen LogP contribution in [0.5, 0.6) is 0 Å². The molecule has 0 bridgehead atoms. The zero-order valence-corrected chi connectivity index (χ0v) is 8.42. The minimum Gasteiger partial charge on any atom is -0.485 e. The van der Waals surface area contributed by atoms with Crippen molar-refractivity contribution in [3.8, 4) is 0 Å². The molecule has 0 amide bonds. The maximum Gasteiger partial charge on any atom is 0.386 e. The third-order valence-corrected chi connectivity index (χ3v) is 2.11. The number of ether oxygens (including phenoxy) is 1. The molecule has 0 saturated carbocycles. The van der Waals surface area contributed by atoms with Crippen molar-refractivity contribution in [1.29, 1.82) is 0 Å². The lowest BCUT2D eigenvalue weighted by molar-refractivity contribution is -0.273. The standard InChI is InChI=1S/C9H7F7O/c1-2-3-4-17-6-5(10)7(11,12)9(15,16)8(6,13)14/h2-3H,4H2,1H3/b3-2+. The van der Waals surface area contributed by atoms with Crippen molar-refractivity contribution in [1.82, 2.24) is 0 Å². The van der Waals surface area contributed by atoms with Crippen LogP contribution in [0.15, 0.2) is 23.7 Å². The monoisotopic (exact) mass is 264 g/mol. The lowest BCUT2D eigenvalue weighted by Gasteiger charge is -2.23. The zero-order chi connectivity index (χ0) is 13.5. The minimum atomic E-state index is -5.84. The normalized spacial score (nSPS) is 25.6. The van der Waals surface area contributed by atoms with E-state index in [2.05, 4.69) is 4.74 Å². The number of alkyl halides is 6. The van der Waals surface area contributed by atoms with Crippen LogP contribution in [-0.4, -0.2) is 24.4 Å². The summed E-state index contributed by atoms with van der Waals surface area (Å²) in [6.45, 7) is 0.741. The van der Waals surface area contributed by atoms with E-state index in [9.17, 15) is 30.7 Å². The van der Waals surface area contributed by atoms with Crippen LogP contribution in [0.25, 0.3) is 0 Å². The van der Waals surface area contributed by atoms with E-state index in [-0.39, 0.29) is 0 Å². The fourth-order valence-electron chi connectivity index (χ4n) is 1.14. The Hall–Kier alpha value is -1.21. The molecular weight excluding hydrogens is 257 g/mol. The van der Waals surface area contributed by atoms with E-state index in [4.69, 9.17) is 0 Å². The molecule has 0 spiro atoms. The predicted molar refractivity (Wildman–Crippen MR) is 43.7 cm³/mol. The molecule has 0 radical (unpaired) electrons. The van der Waals surface area contributed by atoms with Crippen LogP contribution in [0, 0.1) is 0 Å². The van der Waals surface area contributed by atoms with Gasteiger partial charge in [0.1, 0.15) is 6.61 Å². The van der Waals surface area contributed by atoms with Gasteiger partial charge in [0.05, 0.1) is 0 Å². The largest absolute Gasteiger partial charge is 0.485 e. The maximum absolute atomic E-state index is 12.9. The minimum absolute atomic E-state index is 0.707. The molecule has 17 heavy (non-hydrogen) atoms. The molecule has 0 N–H and O–H groups in total. The molecule has 0 aliphatic heterocycles. The molecule has 0 saturated heterocycles. The van der Waals surface area contributed by atoms with Gasteiger partial charge in [-0.1, -0.05) is 12.2 Å². The molecule has 8 heteroatoms. The van der Waals surface area contributed by atoms with Gasteiger partial charge in [0.15, 0.2) is 0 Å². The second-order valence-electron chi connectivity index (χ2n) is 3.25. The van der Waals surface area contributed by atoms with Gasteiger partial charge in [-0.25, -0.2) is 4.39 Å². The van der Waals surface area contributed by atoms with Crippen molar-refractivity contribution in [2.45, 2.75) is 24.7 Å². The fraction of sp³-hybridized carbons (Fsp3) is 0.556. The first-order chi connectivity index (χ1) is 7.60. The van der Waals surface area contributed by atoms with Crippen LogP contribution in [0.3, 0.4) is 0 Å². The van der Waals surface area contributed by atoms with Crippen LogP contribution in [0.2, 0.25) is 0 Å². The van der Waals surface area contributed by atoms with Gasteiger partial charge in [0.2, 0.25) is 11.6 Å². The molecule has 1 aliphatic rings. The summed E-state index contributed by atoms with van der Waals surface area (Å²) >= 11 is 0. The summed E-state index contributed by atoms with van der Waals surface area (Å²) in [5.41, 5.74) is 0. The van der Waals surface area contributed by atoms with Crippen molar-refractivity contribution in [3.63, 3.8) is 0 Å². The van der Waals surface area contributed by atoms with Gasteiger partial charge >= 0.3 is 17.8 Å². The van der Waals surface area contributed by atoms with Crippen LogP contribution in [0.4, 0.5) is 30.7 Å². The summed E-state index contributed by atoms with van der Waals surface area (Å²) in [5.74, 6) is -22.0. The van der Waals surface area contributed by atoms with Crippen molar-refractivity contribution in [2.24, 2.45) is 0 Å². The molecule has 0 unspecified atom stereocenters. The Kier molecular flexibility index (Phi) is 3.19. The molecule has 1 nitrogen and oxygen atoms in total. The Morgan fingerprint density at radius 3 is 1.94 bits per heavy atom. The third-order valence-electron chi connectivity index (χ3n) is 2.11. The zero-order valence-electron chi connectivity index (χ0n) is 8.42. The lowest BCUT2D eigenvalue weighted by Crippen LogP contribution is -2.49. The van der Waals surface area contributed by atoms with Gasteiger partial charge in [-0.15, -0.1) is 0 Å². The van der Waals surface area contributed by atoms with Crippen LogP contribution < -0.4 is 0 Å². The smallest absolute Gasteiger partial charge is 0.386 e. The highest BCUT2D eigenvalue weighted by molar-refractivity contribution is 5.33. The van der Waals surface area contributed by atoms with Crippen molar-refractivity contribution in [2.75, 3.05) is 6.61 Å². The van der Waals surface area contributed by atoms with Crippen LogP contribution in [-0.2, 0) is 4.74 Å². The van der Waals surface area contributed by atoms with Crippen molar-refractivity contribution in [3.05, 3.63) is 23.7 Å². The average molecular weight is 264 g/mol. The highest BCUT2D eigenvalue weighted by Gasteiger charge is 2.82. The average Bonchev–Trinajstić information content (AvgIpc) is 2.29. The molecule has 0 fully saturated rings. The Balaban J connectivity index is 3.14. The van der Waals surface area contributed by atoms with E-state index < -0.39 is 36.0 Å². The van der Waals surface area contributed by atoms with Crippen molar-refractivity contribution < 1.29 is 35.5 Å². The number of allylic oxidation sites excluding steroid dienone is 3. The number of halogens is 7. The summed E-state index contributed by atoms with van der Waals surface area (Å²) in [6.07, 6.45) is 2.37. The molecule has 0 aromatic carbocycles. The quantitative estimate of drug-likeness (QED) is 0.558. The summed E-state index contributed by atoms with van der Waals surface area (Å²) in [6, 6.07) is 0. The molecule has 0 aromatic heterocycles. The van der Waals surface area contributed by atoms with E-state index in [0.717, 1.165) is 6.08 Å². The molecule has 1 aliphatic carbocycles. The van der Waals surface area contributed by atoms with Gasteiger partial charge in [0.25, 0.3) is 0 Å². The Morgan fingerprint density at radius 2 is 1.59 bits per heavy atom. The Bertz CT molecular complexity index is 370. The Labute approximate surface area is 91.5 Å². The predicted octanol–water partition coefficient (Wildman–Crippen LogP) is 3.68. The van der Waals surface area contributed by atoms with Gasteiger partial charge in [-0.3, -0.25) is 0 Å². The van der Waals surface area contributed by atoms with Gasteiger partial charge in [0, 0.05) is 0 Å². The second-order valence-corrected chi connectivity index (χ2v) is 3.25. The maximum atomic E-state index is 12.9. The number of hydrogen-bond donors (Lipinski definition) is 0. The van der Waals surface area contributed by atoms with E-state index in [1.807, 2.05) is 0 Å². The Morgan fingerprint density at radius 1 is 1.06 bits per heavy atom. The summed E-state index contributed by atoms with van der Waals surface area (Å²) in [7, 11) is 0. The van der Waals surface area contributed by atoms with E-state index in [1.165, 1.54) is 13.0 Å². The molecule has 0 aromatic rings. The highest BCUT2D eigenvalue weighted by atomic mass is 19.3. The van der Waals surface area contributed by atoms with Crippen molar-refractivity contribution >= 4 is 0 Å². The van der Waals surface area contributed by atoms with Crippen LogP contribution >= 0.6 is 0 Å². The van der Waals surface area contributed by atoms with Gasteiger partial charge in [-0.05, 0) is 6.92 Å². The van der Waals surface area contributed by atoms with E-state index in [0.29, 0.717) is 0 Å². The number of rotatable bonds is 3. The fourth-order valence-corrected chi connectivity index (χ4v) is 1.14. The third kappa shape index (κ3) is 1.69. The first-order valence-electron chi connectivity index (χ1n) is 4.38. The van der Waals surface area contributed by atoms with Gasteiger partial charge < -0.3 is 4.74 Å². The first kappa shape index (κ1) is 13.9. The number of hydrogen-bond acceptors (Lipinski definition) is 1.